The number of thioether (sulfide) groups is 1. The van der Waals surface area contributed by atoms with Gasteiger partial charge in [-0.1, -0.05) is 5.98 Å². The number of nitrogens with zero attached hydrogens (tertiary/aromatic N) is 1. The van der Waals surface area contributed by atoms with E-state index in [0.29, 0.717) is 0 Å². The van der Waals surface area contributed by atoms with Gasteiger partial charge in [0.2, 0.25) is 0 Å². The summed E-state index contributed by atoms with van der Waals surface area (Å²) >= 11 is 1.79. The monoisotopic (exact) mass is 270 g/mol. The number of rotatable bonds is 1. The van der Waals surface area contributed by atoms with Gasteiger partial charge in [-0.15, -0.1) is 11.8 Å². The van der Waals surface area contributed by atoms with Crippen molar-refractivity contribution in [2.24, 2.45) is 4.99 Å². The van der Waals surface area contributed by atoms with Crippen molar-refractivity contribution in [2.75, 3.05) is 12.3 Å². The van der Waals surface area contributed by atoms with Crippen LogP contribution < -0.4 is 0 Å². The molecule has 0 atom stereocenters. The molecule has 65 valence electrons. The van der Waals surface area contributed by atoms with Crippen LogP contribution >= 0.6 is 11.8 Å². The van der Waals surface area contributed by atoms with Gasteiger partial charge < -0.3 is 4.74 Å². The summed E-state index contributed by atoms with van der Waals surface area (Å²) in [6, 6.07) is 0. The maximum absolute atomic E-state index is 5.03. The minimum Gasteiger partial charge on any atom is -0.474 e. The van der Waals surface area contributed by atoms with Gasteiger partial charge >= 0.3 is 0 Å². The first-order valence-electron chi connectivity index (χ1n) is 3.50. The predicted molar refractivity (Wildman–Crippen MR) is 48.8 cm³/mol. The van der Waals surface area contributed by atoms with Gasteiger partial charge in [0.1, 0.15) is 0 Å². The fraction of sp³-hybridized carbons (Fsp3) is 0.286. The number of ether oxygens (including phenoxy) is 1. The predicted octanol–water partition coefficient (Wildman–Crippen LogP) is 1.18. The summed E-state index contributed by atoms with van der Waals surface area (Å²) in [6.07, 6.45) is 3.39. The van der Waals surface area contributed by atoms with Crippen LogP contribution in [0.25, 0.3) is 0 Å². The molecule has 0 unspecified atom stereocenters. The normalized spacial score (nSPS) is 20.0. The topological polar surface area (TPSA) is 21.6 Å². The largest absolute Gasteiger partial charge is 0.474 e. The fourth-order valence-electron chi connectivity index (χ4n) is 0.972. The van der Waals surface area contributed by atoms with Gasteiger partial charge in [-0.25, -0.2) is 0 Å². The van der Waals surface area contributed by atoms with Gasteiger partial charge in [0.25, 0.3) is 0 Å². The quantitative estimate of drug-likeness (QED) is 0.667. The zero-order valence-corrected chi connectivity index (χ0v) is 8.67. The van der Waals surface area contributed by atoms with Crippen molar-refractivity contribution in [1.29, 1.82) is 0 Å². The fourth-order valence-corrected chi connectivity index (χ4v) is 1.81. The Labute approximate surface area is 90.4 Å². The van der Waals surface area contributed by atoms with Crippen molar-refractivity contribution < 1.29 is 25.2 Å². The van der Waals surface area contributed by atoms with E-state index in [1.807, 2.05) is 13.3 Å². The summed E-state index contributed by atoms with van der Waals surface area (Å²) in [5.41, 5.74) is 1.09. The van der Waals surface area contributed by atoms with Crippen molar-refractivity contribution in [3.8, 4) is 0 Å². The van der Waals surface area contributed by atoms with Gasteiger partial charge in [0.15, 0.2) is 7.28 Å². The van der Waals surface area contributed by atoms with Gasteiger partial charge in [-0.05, 0) is 5.47 Å². The molecular formula is C7H7BNOPdS. The molecule has 0 saturated carbocycles. The second-order valence-electron chi connectivity index (χ2n) is 2.24. The van der Waals surface area contributed by atoms with E-state index in [0.717, 1.165) is 22.8 Å². The molecule has 2 nitrogen and oxygen atoms in total. The SMILES string of the molecule is [B]1C=COC=C1C1=NCCS1.[Pd]. The van der Waals surface area contributed by atoms with Crippen LogP contribution in [0.1, 0.15) is 0 Å². The Balaban J connectivity index is 0.000000720. The summed E-state index contributed by atoms with van der Waals surface area (Å²) in [7, 11) is 2.01. The Kier molecular flexibility index (Phi) is 4.14. The minimum atomic E-state index is 0. The minimum absolute atomic E-state index is 0. The van der Waals surface area contributed by atoms with Crippen molar-refractivity contribution in [3.05, 3.63) is 24.0 Å². The van der Waals surface area contributed by atoms with Crippen LogP contribution in [0.3, 0.4) is 0 Å². The molecule has 0 fully saturated rings. The smallest absolute Gasteiger partial charge is 0.193 e. The average Bonchev–Trinajstić information content (AvgIpc) is 2.58. The molecule has 0 saturated heterocycles. The molecule has 2 heterocycles. The molecule has 2 aliphatic heterocycles. The van der Waals surface area contributed by atoms with Crippen molar-refractivity contribution in [2.45, 2.75) is 0 Å². The van der Waals surface area contributed by atoms with Crippen LogP contribution in [0.4, 0.5) is 0 Å². The standard InChI is InChI=1S/C7H7BNOS.Pd/c1-3-10-5-6(8-1)7-9-2-4-11-7;/h1,3,5H,2,4H2;. The van der Waals surface area contributed by atoms with E-state index < -0.39 is 0 Å². The van der Waals surface area contributed by atoms with E-state index in [2.05, 4.69) is 4.99 Å². The van der Waals surface area contributed by atoms with Crippen LogP contribution in [0.15, 0.2) is 29.0 Å². The molecule has 2 aliphatic rings. The zero-order chi connectivity index (χ0) is 7.52. The van der Waals surface area contributed by atoms with Crippen LogP contribution in [-0.4, -0.2) is 24.6 Å². The molecule has 0 N–H and O–H groups in total. The van der Waals surface area contributed by atoms with Crippen molar-refractivity contribution >= 4 is 24.1 Å². The Morgan fingerprint density at radius 3 is 3.08 bits per heavy atom. The molecule has 12 heavy (non-hydrogen) atoms. The summed E-state index contributed by atoms with van der Waals surface area (Å²) < 4.78 is 5.03. The van der Waals surface area contributed by atoms with E-state index >= 15 is 0 Å². The van der Waals surface area contributed by atoms with Crippen molar-refractivity contribution in [1.82, 2.24) is 0 Å². The number of aliphatic imine (C=N–C) groups is 1. The maximum atomic E-state index is 5.03. The molecule has 2 rings (SSSR count). The van der Waals surface area contributed by atoms with E-state index in [1.165, 1.54) is 0 Å². The summed E-state index contributed by atoms with van der Waals surface area (Å²) in [5.74, 6) is 2.99. The molecule has 0 aliphatic carbocycles. The van der Waals surface area contributed by atoms with Crippen LogP contribution in [-0.2, 0) is 25.2 Å². The molecule has 0 bridgehead atoms. The first kappa shape index (κ1) is 10.1. The number of hydrogen-bond donors (Lipinski definition) is 0. The van der Waals surface area contributed by atoms with Crippen LogP contribution in [0.2, 0.25) is 0 Å². The molecule has 0 amide bonds. The molecule has 0 aromatic heterocycles. The van der Waals surface area contributed by atoms with Gasteiger partial charge in [-0.2, -0.15) is 0 Å². The Morgan fingerprint density at radius 1 is 1.58 bits per heavy atom. The zero-order valence-electron chi connectivity index (χ0n) is 6.30. The van der Waals surface area contributed by atoms with Crippen LogP contribution in [0, 0.1) is 0 Å². The third-order valence-corrected chi connectivity index (χ3v) is 2.49. The van der Waals surface area contributed by atoms with Gasteiger partial charge in [0, 0.05) is 32.7 Å². The molecule has 5 heteroatoms. The Morgan fingerprint density at radius 2 is 2.50 bits per heavy atom. The first-order valence-corrected chi connectivity index (χ1v) is 4.48. The summed E-state index contributed by atoms with van der Waals surface area (Å²) in [6.45, 7) is 0.939. The third-order valence-electron chi connectivity index (χ3n) is 1.46. The molecule has 0 spiro atoms. The van der Waals surface area contributed by atoms with Crippen molar-refractivity contribution in [3.63, 3.8) is 0 Å². The maximum Gasteiger partial charge on any atom is 0.193 e. The van der Waals surface area contributed by atoms with E-state index in [9.17, 15) is 0 Å². The van der Waals surface area contributed by atoms with Gasteiger partial charge in [-0.3, -0.25) is 4.99 Å². The van der Waals surface area contributed by atoms with E-state index in [4.69, 9.17) is 4.74 Å². The molecule has 0 aromatic rings. The average molecular weight is 270 g/mol. The Hall–Kier alpha value is 0.0273. The molecule has 1 radical (unpaired) electrons. The van der Waals surface area contributed by atoms with Crippen LogP contribution in [0.5, 0.6) is 0 Å². The Bertz CT molecular complexity index is 252. The first-order chi connectivity index (χ1) is 5.47. The second kappa shape index (κ2) is 4.91. The van der Waals surface area contributed by atoms with Gasteiger partial charge in [0.05, 0.1) is 17.6 Å². The second-order valence-corrected chi connectivity index (χ2v) is 3.32. The summed E-state index contributed by atoms with van der Waals surface area (Å²) in [5, 5.41) is 1.11. The third kappa shape index (κ3) is 2.26. The van der Waals surface area contributed by atoms with E-state index in [1.54, 1.807) is 24.3 Å². The molecular weight excluding hydrogens is 263 g/mol. The summed E-state index contributed by atoms with van der Waals surface area (Å²) in [4.78, 5) is 4.33. The number of hydrogen-bond acceptors (Lipinski definition) is 3. The van der Waals surface area contributed by atoms with E-state index in [-0.39, 0.29) is 20.4 Å². The molecule has 0 aromatic carbocycles.